The quantitative estimate of drug-likeness (QED) is 0.871. The first-order valence-electron chi connectivity index (χ1n) is 8.85. The number of aromatic nitrogens is 3. The lowest BCUT2D eigenvalue weighted by molar-refractivity contribution is -0.137. The molecule has 0 aromatic carbocycles. The number of alkyl halides is 3. The number of anilines is 1. The predicted octanol–water partition coefficient (Wildman–Crippen LogP) is 3.58. The number of pyridine rings is 1. The van der Waals surface area contributed by atoms with Crippen LogP contribution in [-0.4, -0.2) is 20.8 Å². The van der Waals surface area contributed by atoms with E-state index in [4.69, 9.17) is 11.5 Å². The van der Waals surface area contributed by atoms with Crippen LogP contribution < -0.4 is 11.5 Å². The van der Waals surface area contributed by atoms with Gasteiger partial charge in [0.05, 0.1) is 11.3 Å². The first-order valence-corrected chi connectivity index (χ1v) is 8.85. The molecule has 0 bridgehead atoms. The second-order valence-electron chi connectivity index (χ2n) is 7.73. The highest BCUT2D eigenvalue weighted by molar-refractivity contribution is 5.63. The summed E-state index contributed by atoms with van der Waals surface area (Å²) in [5.41, 5.74) is 12.4. The minimum absolute atomic E-state index is 0.123. The molecule has 2 aromatic heterocycles. The van der Waals surface area contributed by atoms with Gasteiger partial charge in [0.2, 0.25) is 0 Å². The average molecular weight is 365 g/mol. The first kappa shape index (κ1) is 17.3. The molecule has 0 radical (unpaired) electrons. The molecule has 5 nitrogen and oxygen atoms in total. The maximum absolute atomic E-state index is 13.1. The lowest BCUT2D eigenvalue weighted by atomic mass is 10.0. The van der Waals surface area contributed by atoms with Crippen LogP contribution in [0, 0.1) is 11.8 Å². The largest absolute Gasteiger partial charge is 0.419 e. The van der Waals surface area contributed by atoms with E-state index in [-0.39, 0.29) is 12.1 Å². The van der Waals surface area contributed by atoms with E-state index in [9.17, 15) is 13.2 Å². The maximum atomic E-state index is 13.1. The van der Waals surface area contributed by atoms with Crippen LogP contribution in [0.4, 0.5) is 19.0 Å². The molecule has 0 spiro atoms. The summed E-state index contributed by atoms with van der Waals surface area (Å²) in [5.74, 6) is 1.03. The van der Waals surface area contributed by atoms with Crippen molar-refractivity contribution in [3.8, 4) is 11.3 Å². The number of nitrogen functional groups attached to an aromatic ring is 1. The zero-order valence-electron chi connectivity index (χ0n) is 14.7. The van der Waals surface area contributed by atoms with Crippen molar-refractivity contribution in [2.45, 2.75) is 50.9 Å². The molecule has 0 unspecified atom stereocenters. The summed E-state index contributed by atoms with van der Waals surface area (Å²) in [6.45, 7) is 4.04. The zero-order chi connectivity index (χ0) is 18.8. The highest BCUT2D eigenvalue weighted by Gasteiger charge is 2.57. The molecule has 2 aliphatic carbocycles. The second kappa shape index (κ2) is 5.70. The second-order valence-corrected chi connectivity index (χ2v) is 7.73. The summed E-state index contributed by atoms with van der Waals surface area (Å²) < 4.78 is 41.3. The first-order chi connectivity index (χ1) is 12.2. The Bertz CT molecular complexity index is 830. The standard InChI is InChI=1S/C18H22F3N5/c1-8(2)26-15(16-11-4-10(22)5-12(11)16)6-14(25-26)9-3-13(18(19,20)21)17(23)24-7-9/h3,6-8,10-12,16H,4-5,22H2,1-2H3,(H2,23,24)/t10-,11-,12+,16+. The van der Waals surface area contributed by atoms with Crippen molar-refractivity contribution in [3.63, 3.8) is 0 Å². The van der Waals surface area contributed by atoms with Gasteiger partial charge in [0.25, 0.3) is 0 Å². The monoisotopic (exact) mass is 365 g/mol. The van der Waals surface area contributed by atoms with Crippen LogP contribution in [0.3, 0.4) is 0 Å². The number of hydrogen-bond donors (Lipinski definition) is 2. The molecule has 26 heavy (non-hydrogen) atoms. The topological polar surface area (TPSA) is 82.8 Å². The fourth-order valence-corrected chi connectivity index (χ4v) is 4.38. The average Bonchev–Trinajstić information content (AvgIpc) is 2.91. The number of halogens is 3. The van der Waals surface area contributed by atoms with E-state index < -0.39 is 17.6 Å². The number of nitrogens with zero attached hydrogens (tertiary/aromatic N) is 3. The summed E-state index contributed by atoms with van der Waals surface area (Å²) in [7, 11) is 0. The molecule has 4 rings (SSSR count). The minimum atomic E-state index is -4.54. The van der Waals surface area contributed by atoms with Crippen LogP contribution in [0.15, 0.2) is 18.3 Å². The lowest BCUT2D eigenvalue weighted by Crippen LogP contribution is -2.18. The molecule has 8 heteroatoms. The van der Waals surface area contributed by atoms with E-state index >= 15 is 0 Å². The van der Waals surface area contributed by atoms with Gasteiger partial charge in [-0.05, 0) is 50.7 Å². The smallest absolute Gasteiger partial charge is 0.383 e. The van der Waals surface area contributed by atoms with Crippen molar-refractivity contribution < 1.29 is 13.2 Å². The van der Waals surface area contributed by atoms with E-state index in [1.165, 1.54) is 6.20 Å². The fraction of sp³-hybridized carbons (Fsp3) is 0.556. The highest BCUT2D eigenvalue weighted by Crippen LogP contribution is 2.63. The minimum Gasteiger partial charge on any atom is -0.383 e. The van der Waals surface area contributed by atoms with E-state index in [2.05, 4.69) is 10.1 Å². The van der Waals surface area contributed by atoms with Gasteiger partial charge in [0.15, 0.2) is 0 Å². The molecule has 4 atom stereocenters. The predicted molar refractivity (Wildman–Crippen MR) is 92.2 cm³/mol. The molecular weight excluding hydrogens is 343 g/mol. The molecule has 0 aliphatic heterocycles. The van der Waals surface area contributed by atoms with Gasteiger partial charge in [0.1, 0.15) is 5.82 Å². The van der Waals surface area contributed by atoms with Crippen LogP contribution >= 0.6 is 0 Å². The van der Waals surface area contributed by atoms with Crippen LogP contribution in [0.2, 0.25) is 0 Å². The van der Waals surface area contributed by atoms with Crippen LogP contribution in [0.1, 0.15) is 49.9 Å². The van der Waals surface area contributed by atoms with Gasteiger partial charge in [-0.3, -0.25) is 4.68 Å². The summed E-state index contributed by atoms with van der Waals surface area (Å²) in [6.07, 6.45) is -1.17. The third kappa shape index (κ3) is 2.76. The summed E-state index contributed by atoms with van der Waals surface area (Å²) >= 11 is 0. The Balaban J connectivity index is 1.72. The van der Waals surface area contributed by atoms with Crippen molar-refractivity contribution in [3.05, 3.63) is 29.6 Å². The van der Waals surface area contributed by atoms with E-state index in [0.29, 0.717) is 29.0 Å². The molecule has 0 amide bonds. The van der Waals surface area contributed by atoms with Gasteiger partial charge in [-0.2, -0.15) is 18.3 Å². The van der Waals surface area contributed by atoms with Gasteiger partial charge in [-0.15, -0.1) is 0 Å². The van der Waals surface area contributed by atoms with Crippen molar-refractivity contribution in [1.82, 2.24) is 14.8 Å². The van der Waals surface area contributed by atoms with Crippen LogP contribution in [0.5, 0.6) is 0 Å². The van der Waals surface area contributed by atoms with Crippen molar-refractivity contribution in [2.24, 2.45) is 17.6 Å². The van der Waals surface area contributed by atoms with Gasteiger partial charge in [-0.25, -0.2) is 4.98 Å². The van der Waals surface area contributed by atoms with Gasteiger partial charge >= 0.3 is 6.18 Å². The Labute approximate surface area is 149 Å². The molecule has 4 N–H and O–H groups in total. The Kier molecular flexibility index (Phi) is 3.80. The summed E-state index contributed by atoms with van der Waals surface area (Å²) in [6, 6.07) is 3.33. The van der Waals surface area contributed by atoms with Gasteiger partial charge in [0, 0.05) is 35.5 Å². The third-order valence-electron chi connectivity index (χ3n) is 5.60. The zero-order valence-corrected chi connectivity index (χ0v) is 14.7. The molecule has 2 heterocycles. The Morgan fingerprint density at radius 1 is 1.19 bits per heavy atom. The number of hydrogen-bond acceptors (Lipinski definition) is 4. The lowest BCUT2D eigenvalue weighted by Gasteiger charge is -2.13. The Morgan fingerprint density at radius 2 is 1.85 bits per heavy atom. The van der Waals surface area contributed by atoms with E-state index in [0.717, 1.165) is 24.6 Å². The number of rotatable bonds is 3. The molecule has 2 saturated carbocycles. The van der Waals surface area contributed by atoms with Crippen LogP contribution in [-0.2, 0) is 6.18 Å². The molecule has 2 fully saturated rings. The normalized spacial score (nSPS) is 27.8. The molecule has 140 valence electrons. The molecule has 2 aliphatic rings. The van der Waals surface area contributed by atoms with Crippen LogP contribution in [0.25, 0.3) is 11.3 Å². The molecule has 0 saturated heterocycles. The number of nitrogens with two attached hydrogens (primary N) is 2. The van der Waals surface area contributed by atoms with Crippen molar-refractivity contribution in [1.29, 1.82) is 0 Å². The third-order valence-corrected chi connectivity index (χ3v) is 5.60. The van der Waals surface area contributed by atoms with E-state index in [1.807, 2.05) is 24.6 Å². The Morgan fingerprint density at radius 3 is 2.42 bits per heavy atom. The summed E-state index contributed by atoms with van der Waals surface area (Å²) in [4.78, 5) is 3.73. The SMILES string of the molecule is CC(C)n1nc(-c2cnc(N)c(C(F)(F)F)c2)cc1[C@H]1[C@@H]2C[C@@H](N)C[C@@H]21. The van der Waals surface area contributed by atoms with Crippen molar-refractivity contribution >= 4 is 5.82 Å². The molecular formula is C18H22F3N5. The summed E-state index contributed by atoms with van der Waals surface area (Å²) in [5, 5.41) is 4.58. The van der Waals surface area contributed by atoms with Gasteiger partial charge < -0.3 is 11.5 Å². The number of fused-ring (bicyclic) bond motifs is 1. The maximum Gasteiger partial charge on any atom is 0.419 e. The van der Waals surface area contributed by atoms with E-state index in [1.54, 1.807) is 0 Å². The fourth-order valence-electron chi connectivity index (χ4n) is 4.38. The van der Waals surface area contributed by atoms with Crippen molar-refractivity contribution in [2.75, 3.05) is 5.73 Å². The Hall–Kier alpha value is -2.09. The van der Waals surface area contributed by atoms with Gasteiger partial charge in [-0.1, -0.05) is 0 Å². The highest BCUT2D eigenvalue weighted by atomic mass is 19.4. The molecule has 2 aromatic rings.